The van der Waals surface area contributed by atoms with Crippen molar-refractivity contribution in [1.29, 1.82) is 0 Å². The Morgan fingerprint density at radius 2 is 1.94 bits per heavy atom. The van der Waals surface area contributed by atoms with E-state index in [1.807, 2.05) is 0 Å². The van der Waals surface area contributed by atoms with Crippen LogP contribution in [-0.4, -0.2) is 33.4 Å². The first kappa shape index (κ1) is 12.9. The molecular formula is C10H13NO6. The van der Waals surface area contributed by atoms with Crippen molar-refractivity contribution in [3.05, 3.63) is 17.9 Å². The summed E-state index contributed by atoms with van der Waals surface area (Å²) in [5.74, 6) is -0.257. The molecule has 0 aliphatic rings. The van der Waals surface area contributed by atoms with Crippen molar-refractivity contribution >= 4 is 12.1 Å². The molecule has 1 heterocycles. The SMILES string of the molecule is COC(=O)N[C@H](C(=O)OC)c1ccc(OC)o1. The van der Waals surface area contributed by atoms with Crippen LogP contribution in [0.2, 0.25) is 0 Å². The molecule has 1 rings (SSSR count). The van der Waals surface area contributed by atoms with Gasteiger partial charge in [-0.1, -0.05) is 0 Å². The zero-order chi connectivity index (χ0) is 12.8. The zero-order valence-corrected chi connectivity index (χ0v) is 9.68. The Bertz CT molecular complexity index is 399. The fourth-order valence-electron chi connectivity index (χ4n) is 1.14. The van der Waals surface area contributed by atoms with E-state index in [-0.39, 0.29) is 11.7 Å². The van der Waals surface area contributed by atoms with Crippen molar-refractivity contribution < 1.29 is 28.2 Å². The lowest BCUT2D eigenvalue weighted by Gasteiger charge is -2.12. The first-order chi connectivity index (χ1) is 8.12. The molecule has 0 saturated carbocycles. The van der Waals surface area contributed by atoms with Crippen molar-refractivity contribution in [3.63, 3.8) is 0 Å². The number of ether oxygens (including phenoxy) is 3. The lowest BCUT2D eigenvalue weighted by Crippen LogP contribution is -2.34. The van der Waals surface area contributed by atoms with Gasteiger partial charge in [0.2, 0.25) is 0 Å². The number of rotatable bonds is 4. The number of carbonyl (C=O) groups is 2. The summed E-state index contributed by atoms with van der Waals surface area (Å²) in [7, 11) is 3.81. The molecule has 0 saturated heterocycles. The molecule has 7 nitrogen and oxygen atoms in total. The number of alkyl carbamates (subject to hydrolysis) is 1. The molecule has 17 heavy (non-hydrogen) atoms. The van der Waals surface area contributed by atoms with Gasteiger partial charge < -0.3 is 23.9 Å². The Labute approximate surface area is 97.6 Å². The van der Waals surface area contributed by atoms with Crippen LogP contribution in [0, 0.1) is 0 Å². The molecule has 0 radical (unpaired) electrons. The largest absolute Gasteiger partial charge is 0.468 e. The van der Waals surface area contributed by atoms with E-state index in [0.29, 0.717) is 0 Å². The standard InChI is InChI=1S/C10H13NO6/c1-14-7-5-4-6(17-7)8(9(12)15-2)11-10(13)16-3/h4-5,8H,1-3H3,(H,11,13)/t8-/m0/s1. The third kappa shape index (κ3) is 3.13. The smallest absolute Gasteiger partial charge is 0.407 e. The highest BCUT2D eigenvalue weighted by molar-refractivity contribution is 5.82. The highest BCUT2D eigenvalue weighted by Crippen LogP contribution is 2.22. The predicted molar refractivity (Wildman–Crippen MR) is 55.6 cm³/mol. The molecular weight excluding hydrogens is 230 g/mol. The summed E-state index contributed by atoms with van der Waals surface area (Å²) in [6.45, 7) is 0. The van der Waals surface area contributed by atoms with Gasteiger partial charge in [0.1, 0.15) is 5.76 Å². The van der Waals surface area contributed by atoms with Gasteiger partial charge >= 0.3 is 12.1 Å². The van der Waals surface area contributed by atoms with Crippen molar-refractivity contribution in [2.45, 2.75) is 6.04 Å². The third-order valence-electron chi connectivity index (χ3n) is 1.97. The fraction of sp³-hybridized carbons (Fsp3) is 0.400. The molecule has 0 unspecified atom stereocenters. The topological polar surface area (TPSA) is 87.0 Å². The number of methoxy groups -OCH3 is 3. The van der Waals surface area contributed by atoms with Crippen LogP contribution in [-0.2, 0) is 14.3 Å². The number of esters is 1. The summed E-state index contributed by atoms with van der Waals surface area (Å²) in [4.78, 5) is 22.5. The van der Waals surface area contributed by atoms with E-state index in [1.54, 1.807) is 0 Å². The lowest BCUT2D eigenvalue weighted by atomic mass is 10.2. The van der Waals surface area contributed by atoms with Gasteiger partial charge in [0.15, 0.2) is 6.04 Å². The second kappa shape index (κ2) is 5.78. The molecule has 0 fully saturated rings. The molecule has 0 aromatic carbocycles. The Morgan fingerprint density at radius 3 is 2.41 bits per heavy atom. The summed E-state index contributed by atoms with van der Waals surface area (Å²) < 4.78 is 18.9. The number of furan rings is 1. The number of carbonyl (C=O) groups excluding carboxylic acids is 2. The summed E-state index contributed by atoms with van der Waals surface area (Å²) in [5, 5.41) is 2.29. The van der Waals surface area contributed by atoms with E-state index in [2.05, 4.69) is 14.8 Å². The van der Waals surface area contributed by atoms with Crippen LogP contribution in [0.4, 0.5) is 4.79 Å². The minimum atomic E-state index is -1.07. The van der Waals surface area contributed by atoms with Gasteiger partial charge in [-0.2, -0.15) is 0 Å². The van der Waals surface area contributed by atoms with Crippen molar-refractivity contribution in [3.8, 4) is 5.95 Å². The average Bonchev–Trinajstić information content (AvgIpc) is 2.83. The molecule has 1 amide bonds. The fourth-order valence-corrected chi connectivity index (χ4v) is 1.14. The molecule has 0 spiro atoms. The van der Waals surface area contributed by atoms with Gasteiger partial charge in [-0.05, 0) is 6.07 Å². The number of nitrogens with one attached hydrogen (secondary N) is 1. The summed E-state index contributed by atoms with van der Waals surface area (Å²) >= 11 is 0. The first-order valence-electron chi connectivity index (χ1n) is 4.68. The van der Waals surface area contributed by atoms with Crippen molar-refractivity contribution in [2.24, 2.45) is 0 Å². The summed E-state index contributed by atoms with van der Waals surface area (Å²) in [5.41, 5.74) is 0. The average molecular weight is 243 g/mol. The van der Waals surface area contributed by atoms with E-state index < -0.39 is 18.1 Å². The number of hydrogen-bond acceptors (Lipinski definition) is 6. The van der Waals surface area contributed by atoms with Gasteiger partial charge in [-0.15, -0.1) is 0 Å². The van der Waals surface area contributed by atoms with Crippen molar-refractivity contribution in [1.82, 2.24) is 5.32 Å². The van der Waals surface area contributed by atoms with Crippen LogP contribution in [0.1, 0.15) is 11.8 Å². The highest BCUT2D eigenvalue weighted by atomic mass is 16.6. The molecule has 7 heteroatoms. The van der Waals surface area contributed by atoms with Crippen LogP contribution in [0.5, 0.6) is 5.95 Å². The Balaban J connectivity index is 2.89. The maximum absolute atomic E-state index is 11.5. The molecule has 0 bridgehead atoms. The maximum Gasteiger partial charge on any atom is 0.407 e. The van der Waals surface area contributed by atoms with Crippen LogP contribution in [0.25, 0.3) is 0 Å². The van der Waals surface area contributed by atoms with E-state index in [4.69, 9.17) is 9.15 Å². The second-order valence-electron chi connectivity index (χ2n) is 2.95. The zero-order valence-electron chi connectivity index (χ0n) is 9.68. The number of hydrogen-bond donors (Lipinski definition) is 1. The molecule has 1 aromatic rings. The molecule has 94 valence electrons. The van der Waals surface area contributed by atoms with Crippen molar-refractivity contribution in [2.75, 3.05) is 21.3 Å². The maximum atomic E-state index is 11.5. The highest BCUT2D eigenvalue weighted by Gasteiger charge is 2.27. The van der Waals surface area contributed by atoms with Gasteiger partial charge in [0.25, 0.3) is 5.95 Å². The Morgan fingerprint density at radius 1 is 1.24 bits per heavy atom. The molecule has 1 atom stereocenters. The van der Waals surface area contributed by atoms with Gasteiger partial charge in [-0.3, -0.25) is 0 Å². The van der Waals surface area contributed by atoms with E-state index >= 15 is 0 Å². The summed E-state index contributed by atoms with van der Waals surface area (Å²) in [6, 6.07) is 1.94. The lowest BCUT2D eigenvalue weighted by molar-refractivity contribution is -0.143. The van der Waals surface area contributed by atoms with Gasteiger partial charge in [-0.25, -0.2) is 9.59 Å². The quantitative estimate of drug-likeness (QED) is 0.789. The third-order valence-corrected chi connectivity index (χ3v) is 1.97. The van der Waals surface area contributed by atoms with Crippen LogP contribution in [0.15, 0.2) is 16.5 Å². The monoisotopic (exact) mass is 243 g/mol. The van der Waals surface area contributed by atoms with E-state index in [1.165, 1.54) is 33.5 Å². The van der Waals surface area contributed by atoms with E-state index in [0.717, 1.165) is 0 Å². The summed E-state index contributed by atoms with van der Waals surface area (Å²) in [6.07, 6.45) is -0.768. The second-order valence-corrected chi connectivity index (χ2v) is 2.95. The molecule has 0 aliphatic heterocycles. The van der Waals surface area contributed by atoms with Gasteiger partial charge in [0, 0.05) is 6.07 Å². The first-order valence-corrected chi connectivity index (χ1v) is 4.68. The normalized spacial score (nSPS) is 11.5. The van der Waals surface area contributed by atoms with Crippen LogP contribution < -0.4 is 10.1 Å². The predicted octanol–water partition coefficient (Wildman–Crippen LogP) is 0.858. The van der Waals surface area contributed by atoms with Gasteiger partial charge in [0.05, 0.1) is 21.3 Å². The molecule has 0 aliphatic carbocycles. The molecule has 1 N–H and O–H groups in total. The molecule has 1 aromatic heterocycles. The minimum absolute atomic E-state index is 0.194. The minimum Gasteiger partial charge on any atom is -0.468 e. The Hall–Kier alpha value is -2.18. The Kier molecular flexibility index (Phi) is 4.38. The van der Waals surface area contributed by atoms with E-state index in [9.17, 15) is 9.59 Å². The number of amides is 1. The van der Waals surface area contributed by atoms with Crippen LogP contribution in [0.3, 0.4) is 0 Å². The van der Waals surface area contributed by atoms with Crippen LogP contribution >= 0.6 is 0 Å².